The molecule has 2 aromatic carbocycles. The van der Waals surface area contributed by atoms with Gasteiger partial charge in [0, 0.05) is 18.7 Å². The largest absolute Gasteiger partial charge is 0.493 e. The van der Waals surface area contributed by atoms with Crippen LogP contribution in [-0.4, -0.2) is 30.4 Å². The van der Waals surface area contributed by atoms with Crippen molar-refractivity contribution in [3.63, 3.8) is 0 Å². The third-order valence-corrected chi connectivity index (χ3v) is 4.39. The summed E-state index contributed by atoms with van der Waals surface area (Å²) in [6.07, 6.45) is 3.24. The number of hydrogen-bond acceptors (Lipinski definition) is 6. The zero-order chi connectivity index (χ0) is 21.9. The van der Waals surface area contributed by atoms with Crippen LogP contribution in [0.1, 0.15) is 43.1 Å². The molecule has 3 rings (SSSR count). The van der Waals surface area contributed by atoms with Gasteiger partial charge >= 0.3 is 5.97 Å². The maximum absolute atomic E-state index is 12.4. The zero-order valence-electron chi connectivity index (χ0n) is 17.3. The van der Waals surface area contributed by atoms with Crippen molar-refractivity contribution >= 4 is 29.4 Å². The lowest BCUT2D eigenvalue weighted by molar-refractivity contribution is -0.132. The molecule has 0 aromatic heterocycles. The van der Waals surface area contributed by atoms with Crippen molar-refractivity contribution in [3.8, 4) is 17.2 Å². The summed E-state index contributed by atoms with van der Waals surface area (Å²) in [4.78, 5) is 35.8. The Hall–Kier alpha value is -3.61. The molecule has 156 valence electrons. The van der Waals surface area contributed by atoms with Crippen LogP contribution >= 0.6 is 0 Å². The molecule has 1 heterocycles. The maximum atomic E-state index is 12.4. The minimum absolute atomic E-state index is 0.0205. The van der Waals surface area contributed by atoms with E-state index >= 15 is 0 Å². The summed E-state index contributed by atoms with van der Waals surface area (Å²) in [5, 5.41) is 2.74. The number of esters is 1. The molecule has 0 saturated heterocycles. The maximum Gasteiger partial charge on any atom is 0.308 e. The zero-order valence-corrected chi connectivity index (χ0v) is 17.3. The molecule has 7 nitrogen and oxygen atoms in total. The average Bonchev–Trinajstić information content (AvgIpc) is 2.66. The first kappa shape index (κ1) is 21.1. The number of benzene rings is 2. The molecule has 0 unspecified atom stereocenters. The number of carbonyl (C=O) groups is 3. The molecule has 0 aliphatic carbocycles. The van der Waals surface area contributed by atoms with Gasteiger partial charge in [-0.05, 0) is 55.8 Å². The number of ether oxygens (including phenoxy) is 3. The van der Waals surface area contributed by atoms with Crippen LogP contribution < -0.4 is 19.5 Å². The van der Waals surface area contributed by atoms with Crippen LogP contribution in [-0.2, 0) is 9.59 Å². The molecule has 0 fully saturated rings. The molecule has 0 atom stereocenters. The van der Waals surface area contributed by atoms with Gasteiger partial charge in [-0.1, -0.05) is 6.07 Å². The van der Waals surface area contributed by atoms with Gasteiger partial charge in [0.15, 0.2) is 17.3 Å². The summed E-state index contributed by atoms with van der Waals surface area (Å²) >= 11 is 0. The Labute approximate surface area is 174 Å². The molecule has 0 saturated carbocycles. The minimum atomic E-state index is -0.538. The van der Waals surface area contributed by atoms with Crippen LogP contribution in [0, 0.1) is 0 Å². The van der Waals surface area contributed by atoms with E-state index < -0.39 is 11.6 Å². The van der Waals surface area contributed by atoms with Gasteiger partial charge in [-0.15, -0.1) is 0 Å². The van der Waals surface area contributed by atoms with Crippen molar-refractivity contribution in [2.24, 2.45) is 0 Å². The molecule has 1 N–H and O–H groups in total. The number of ketones is 1. The molecule has 0 radical (unpaired) electrons. The second-order valence-electron chi connectivity index (χ2n) is 7.50. The average molecular weight is 409 g/mol. The molecular formula is C23H23NO6. The summed E-state index contributed by atoms with van der Waals surface area (Å²) in [5.41, 5.74) is 1.11. The topological polar surface area (TPSA) is 90.9 Å². The first-order valence-electron chi connectivity index (χ1n) is 9.39. The predicted octanol–water partition coefficient (Wildman–Crippen LogP) is 4.02. The van der Waals surface area contributed by atoms with Crippen molar-refractivity contribution in [2.75, 3.05) is 12.4 Å². The third-order valence-electron chi connectivity index (χ3n) is 4.39. The van der Waals surface area contributed by atoms with Gasteiger partial charge in [-0.2, -0.15) is 0 Å². The SMILES string of the molecule is COc1cc(/C=C/C(=O)Nc2ccc3c(c2)C(=O)CC(C)(C)O3)ccc1OC(C)=O. The highest BCUT2D eigenvalue weighted by molar-refractivity contribution is 6.05. The molecule has 30 heavy (non-hydrogen) atoms. The lowest BCUT2D eigenvalue weighted by Crippen LogP contribution is -2.35. The molecule has 0 spiro atoms. The molecule has 1 aliphatic rings. The highest BCUT2D eigenvalue weighted by atomic mass is 16.6. The standard InChI is InChI=1S/C23H23NO6/c1-14(25)29-20-8-5-15(11-21(20)28-4)6-10-22(27)24-16-7-9-19-17(12-16)18(26)13-23(2,3)30-19/h5-12H,13H2,1-4H3,(H,24,27)/b10-6+. The highest BCUT2D eigenvalue weighted by Crippen LogP contribution is 2.34. The normalized spacial score (nSPS) is 14.6. The Morgan fingerprint density at radius 3 is 2.60 bits per heavy atom. The highest BCUT2D eigenvalue weighted by Gasteiger charge is 2.32. The number of carbonyl (C=O) groups excluding carboxylic acids is 3. The first-order chi connectivity index (χ1) is 14.2. The van der Waals surface area contributed by atoms with E-state index in [2.05, 4.69) is 5.32 Å². The van der Waals surface area contributed by atoms with Crippen LogP contribution in [0.4, 0.5) is 5.69 Å². The lowest BCUT2D eigenvalue weighted by Gasteiger charge is -2.31. The molecule has 0 bridgehead atoms. The number of amides is 1. The summed E-state index contributed by atoms with van der Waals surface area (Å²) < 4.78 is 16.1. The van der Waals surface area contributed by atoms with E-state index in [9.17, 15) is 14.4 Å². The Bertz CT molecular complexity index is 1040. The molecule has 7 heteroatoms. The van der Waals surface area contributed by atoms with Gasteiger partial charge in [-0.25, -0.2) is 0 Å². The van der Waals surface area contributed by atoms with Crippen LogP contribution in [0.15, 0.2) is 42.5 Å². The molecule has 1 amide bonds. The number of Topliss-reactive ketones (excluding diaryl/α,β-unsaturated/α-hetero) is 1. The van der Waals surface area contributed by atoms with E-state index in [1.807, 2.05) is 13.8 Å². The van der Waals surface area contributed by atoms with Crippen LogP contribution in [0.5, 0.6) is 17.2 Å². The van der Waals surface area contributed by atoms with Crippen molar-refractivity contribution in [3.05, 3.63) is 53.6 Å². The summed E-state index contributed by atoms with van der Waals surface area (Å²) in [7, 11) is 1.46. The van der Waals surface area contributed by atoms with Gasteiger partial charge in [0.25, 0.3) is 0 Å². The second-order valence-corrected chi connectivity index (χ2v) is 7.50. The van der Waals surface area contributed by atoms with E-state index in [-0.39, 0.29) is 18.1 Å². The summed E-state index contributed by atoms with van der Waals surface area (Å²) in [6.45, 7) is 5.03. The van der Waals surface area contributed by atoms with E-state index in [1.54, 1.807) is 42.5 Å². The van der Waals surface area contributed by atoms with Crippen LogP contribution in [0.25, 0.3) is 6.08 Å². The number of nitrogens with one attached hydrogen (secondary N) is 1. The fourth-order valence-electron chi connectivity index (χ4n) is 3.11. The van der Waals surface area contributed by atoms with Gasteiger partial charge in [0.1, 0.15) is 11.4 Å². The number of anilines is 1. The fraction of sp³-hybridized carbons (Fsp3) is 0.261. The lowest BCUT2D eigenvalue weighted by atomic mass is 9.93. The molecule has 2 aromatic rings. The van der Waals surface area contributed by atoms with Crippen molar-refractivity contribution in [1.29, 1.82) is 0 Å². The van der Waals surface area contributed by atoms with Crippen LogP contribution in [0.2, 0.25) is 0 Å². The number of methoxy groups -OCH3 is 1. The van der Waals surface area contributed by atoms with E-state index in [1.165, 1.54) is 20.1 Å². The van der Waals surface area contributed by atoms with Gasteiger partial charge in [-0.3, -0.25) is 14.4 Å². The van der Waals surface area contributed by atoms with Gasteiger partial charge in [0.2, 0.25) is 5.91 Å². The Morgan fingerprint density at radius 2 is 1.90 bits per heavy atom. The fourth-order valence-corrected chi connectivity index (χ4v) is 3.11. The predicted molar refractivity (Wildman–Crippen MR) is 112 cm³/mol. The Morgan fingerprint density at radius 1 is 1.13 bits per heavy atom. The monoisotopic (exact) mass is 409 g/mol. The summed E-state index contributed by atoms with van der Waals surface area (Å²) in [5.74, 6) is 0.369. The van der Waals surface area contributed by atoms with Gasteiger partial charge < -0.3 is 19.5 Å². The summed E-state index contributed by atoms with van der Waals surface area (Å²) in [6, 6.07) is 9.94. The van der Waals surface area contributed by atoms with E-state index in [4.69, 9.17) is 14.2 Å². The number of hydrogen-bond donors (Lipinski definition) is 1. The van der Waals surface area contributed by atoms with E-state index in [0.717, 1.165) is 0 Å². The minimum Gasteiger partial charge on any atom is -0.493 e. The number of rotatable bonds is 5. The number of fused-ring (bicyclic) bond motifs is 1. The van der Waals surface area contributed by atoms with Gasteiger partial charge in [0.05, 0.1) is 19.1 Å². The van der Waals surface area contributed by atoms with Crippen molar-refractivity contribution in [2.45, 2.75) is 32.8 Å². The smallest absolute Gasteiger partial charge is 0.308 e. The Kier molecular flexibility index (Phi) is 5.91. The molecule has 1 aliphatic heterocycles. The quantitative estimate of drug-likeness (QED) is 0.456. The van der Waals surface area contributed by atoms with Crippen molar-refractivity contribution in [1.82, 2.24) is 0 Å². The first-order valence-corrected chi connectivity index (χ1v) is 9.39. The Balaban J connectivity index is 1.70. The third kappa shape index (κ3) is 5.05. The molecular weight excluding hydrogens is 386 g/mol. The second kappa shape index (κ2) is 8.41. The van der Waals surface area contributed by atoms with Crippen molar-refractivity contribution < 1.29 is 28.6 Å². The van der Waals surface area contributed by atoms with E-state index in [0.29, 0.717) is 34.1 Å². The van der Waals surface area contributed by atoms with Crippen LogP contribution in [0.3, 0.4) is 0 Å².